The Kier molecular flexibility index (Phi) is 5.21. The number of allylic oxidation sites excluding steroid dienone is 1. The van der Waals surface area contributed by atoms with E-state index in [1.807, 2.05) is 27.7 Å². The highest BCUT2D eigenvalue weighted by atomic mass is 16.4. The van der Waals surface area contributed by atoms with Crippen LogP contribution in [0, 0.1) is 5.41 Å². The Morgan fingerprint density at radius 2 is 1.69 bits per heavy atom. The summed E-state index contributed by atoms with van der Waals surface area (Å²) < 4.78 is 0. The summed E-state index contributed by atoms with van der Waals surface area (Å²) in [5.74, 6) is -0.975. The molecule has 0 aliphatic carbocycles. The van der Waals surface area contributed by atoms with Crippen LogP contribution in [0.25, 0.3) is 0 Å². The van der Waals surface area contributed by atoms with Crippen LogP contribution in [0.5, 0.6) is 0 Å². The zero-order chi connectivity index (χ0) is 12.9. The topological polar surface area (TPSA) is 66.4 Å². The van der Waals surface area contributed by atoms with Crippen LogP contribution in [0.3, 0.4) is 0 Å². The summed E-state index contributed by atoms with van der Waals surface area (Å²) in [6.07, 6.45) is 0.0428. The van der Waals surface area contributed by atoms with Crippen molar-refractivity contribution in [2.24, 2.45) is 5.41 Å². The lowest BCUT2D eigenvalue weighted by Crippen LogP contribution is -2.35. The molecule has 0 saturated carbocycles. The number of nitrogens with one attached hydrogen (secondary N) is 1. The molecule has 92 valence electrons. The Bertz CT molecular complexity index is 312. The third-order valence-electron chi connectivity index (χ3n) is 2.45. The predicted octanol–water partition coefficient (Wildman–Crippen LogP) is 1.96. The van der Waals surface area contributed by atoms with Crippen LogP contribution in [-0.4, -0.2) is 23.5 Å². The number of hydrogen-bond donors (Lipinski definition) is 2. The summed E-state index contributed by atoms with van der Waals surface area (Å²) in [6.45, 7) is 9.50. The Hall–Kier alpha value is -1.32. The number of hydrogen-bond acceptors (Lipinski definition) is 2. The maximum atomic E-state index is 11.6. The minimum absolute atomic E-state index is 0.0428. The van der Waals surface area contributed by atoms with Gasteiger partial charge in [-0.15, -0.1) is 0 Å². The summed E-state index contributed by atoms with van der Waals surface area (Å²) in [4.78, 5) is 22.2. The van der Waals surface area contributed by atoms with Gasteiger partial charge in [0.2, 0.25) is 5.91 Å². The third kappa shape index (κ3) is 5.53. The lowest BCUT2D eigenvalue weighted by atomic mass is 9.89. The van der Waals surface area contributed by atoms with Crippen LogP contribution in [0.15, 0.2) is 11.1 Å². The molecule has 0 radical (unpaired) electrons. The highest BCUT2D eigenvalue weighted by Gasteiger charge is 2.22. The van der Waals surface area contributed by atoms with Crippen LogP contribution in [0.2, 0.25) is 0 Å². The molecule has 0 aliphatic heterocycles. The van der Waals surface area contributed by atoms with E-state index < -0.39 is 11.4 Å². The van der Waals surface area contributed by atoms with Crippen molar-refractivity contribution in [1.29, 1.82) is 0 Å². The van der Waals surface area contributed by atoms with Gasteiger partial charge in [-0.25, -0.2) is 0 Å². The second-order valence-corrected chi connectivity index (χ2v) is 5.04. The van der Waals surface area contributed by atoms with Gasteiger partial charge in [0.05, 0.1) is 6.42 Å². The van der Waals surface area contributed by atoms with Gasteiger partial charge in [0, 0.05) is 12.1 Å². The summed E-state index contributed by atoms with van der Waals surface area (Å²) in [5, 5.41) is 11.4. The van der Waals surface area contributed by atoms with Crippen LogP contribution in [-0.2, 0) is 9.59 Å². The van der Waals surface area contributed by atoms with Gasteiger partial charge < -0.3 is 10.4 Å². The molecule has 0 spiro atoms. The average molecular weight is 227 g/mol. The summed E-state index contributed by atoms with van der Waals surface area (Å²) >= 11 is 0. The molecule has 0 fully saturated rings. The first-order chi connectivity index (χ1) is 7.15. The van der Waals surface area contributed by atoms with E-state index in [2.05, 4.69) is 5.32 Å². The van der Waals surface area contributed by atoms with Gasteiger partial charge in [-0.3, -0.25) is 9.59 Å². The van der Waals surface area contributed by atoms with Gasteiger partial charge in [0.15, 0.2) is 0 Å². The zero-order valence-corrected chi connectivity index (χ0v) is 10.7. The molecule has 4 heteroatoms. The van der Waals surface area contributed by atoms with Crippen molar-refractivity contribution in [1.82, 2.24) is 5.32 Å². The van der Waals surface area contributed by atoms with E-state index in [0.717, 1.165) is 5.57 Å². The minimum Gasteiger partial charge on any atom is -0.481 e. The van der Waals surface area contributed by atoms with Gasteiger partial charge in [0.1, 0.15) is 0 Å². The molecule has 0 saturated heterocycles. The normalized spacial score (nSPS) is 10.8. The van der Waals surface area contributed by atoms with Crippen LogP contribution in [0.1, 0.15) is 41.0 Å². The Morgan fingerprint density at radius 3 is 2.06 bits per heavy atom. The Labute approximate surface area is 96.7 Å². The van der Waals surface area contributed by atoms with Crippen molar-refractivity contribution in [2.75, 3.05) is 6.54 Å². The van der Waals surface area contributed by atoms with Crippen LogP contribution in [0.4, 0.5) is 0 Å². The molecular formula is C12H21NO3. The molecule has 0 aromatic rings. The SMILES string of the molecule is CC(C)=C(C)C(=O)NCC(C)(C)CC(=O)O. The van der Waals surface area contributed by atoms with Crippen molar-refractivity contribution < 1.29 is 14.7 Å². The Morgan fingerprint density at radius 1 is 1.19 bits per heavy atom. The number of aliphatic carboxylic acids is 1. The smallest absolute Gasteiger partial charge is 0.303 e. The van der Waals surface area contributed by atoms with Gasteiger partial charge in [-0.2, -0.15) is 0 Å². The lowest BCUT2D eigenvalue weighted by Gasteiger charge is -2.22. The number of carbonyl (C=O) groups is 2. The zero-order valence-electron chi connectivity index (χ0n) is 10.7. The molecule has 0 aromatic carbocycles. The summed E-state index contributed by atoms with van der Waals surface area (Å²) in [5.41, 5.74) is 1.23. The summed E-state index contributed by atoms with van der Waals surface area (Å²) in [6, 6.07) is 0. The van der Waals surface area contributed by atoms with Gasteiger partial charge >= 0.3 is 5.97 Å². The Balaban J connectivity index is 4.31. The van der Waals surface area contributed by atoms with E-state index in [-0.39, 0.29) is 12.3 Å². The third-order valence-corrected chi connectivity index (χ3v) is 2.45. The first-order valence-corrected chi connectivity index (χ1v) is 5.30. The highest BCUT2D eigenvalue weighted by Crippen LogP contribution is 2.18. The van der Waals surface area contributed by atoms with Gasteiger partial charge in [-0.1, -0.05) is 19.4 Å². The molecule has 0 aliphatic rings. The molecule has 0 heterocycles. The van der Waals surface area contributed by atoms with Gasteiger partial charge in [0.25, 0.3) is 0 Å². The molecule has 0 unspecified atom stereocenters. The van der Waals surface area contributed by atoms with Crippen molar-refractivity contribution in [2.45, 2.75) is 41.0 Å². The van der Waals surface area contributed by atoms with E-state index >= 15 is 0 Å². The molecule has 0 aromatic heterocycles. The fraction of sp³-hybridized carbons (Fsp3) is 0.667. The monoisotopic (exact) mass is 227 g/mol. The number of amides is 1. The van der Waals surface area contributed by atoms with Crippen molar-refractivity contribution in [3.63, 3.8) is 0 Å². The summed E-state index contributed by atoms with van der Waals surface area (Å²) in [7, 11) is 0. The molecule has 0 atom stereocenters. The maximum Gasteiger partial charge on any atom is 0.303 e. The van der Waals surface area contributed by atoms with E-state index in [0.29, 0.717) is 12.1 Å². The van der Waals surface area contributed by atoms with E-state index in [1.165, 1.54) is 0 Å². The van der Waals surface area contributed by atoms with Crippen molar-refractivity contribution >= 4 is 11.9 Å². The maximum absolute atomic E-state index is 11.6. The second kappa shape index (κ2) is 5.68. The molecule has 0 rings (SSSR count). The molecule has 1 amide bonds. The van der Waals surface area contributed by atoms with Crippen LogP contribution >= 0.6 is 0 Å². The minimum atomic E-state index is -0.849. The first-order valence-electron chi connectivity index (χ1n) is 5.30. The molecule has 2 N–H and O–H groups in total. The lowest BCUT2D eigenvalue weighted by molar-refractivity contribution is -0.139. The molecule has 0 bridgehead atoms. The number of carboxylic acids is 1. The molecule has 4 nitrogen and oxygen atoms in total. The van der Waals surface area contributed by atoms with Crippen LogP contribution < -0.4 is 5.32 Å². The van der Waals surface area contributed by atoms with Gasteiger partial charge in [-0.05, 0) is 26.2 Å². The molecular weight excluding hydrogens is 206 g/mol. The number of carboxylic acid groups (broad SMARTS) is 1. The average Bonchev–Trinajstić information content (AvgIpc) is 2.10. The van der Waals surface area contributed by atoms with E-state index in [1.54, 1.807) is 6.92 Å². The second-order valence-electron chi connectivity index (χ2n) is 5.04. The number of carbonyl (C=O) groups excluding carboxylic acids is 1. The largest absolute Gasteiger partial charge is 0.481 e. The van der Waals surface area contributed by atoms with E-state index in [4.69, 9.17) is 5.11 Å². The molecule has 16 heavy (non-hydrogen) atoms. The van der Waals surface area contributed by atoms with E-state index in [9.17, 15) is 9.59 Å². The number of rotatable bonds is 5. The fourth-order valence-electron chi connectivity index (χ4n) is 1.15. The van der Waals surface area contributed by atoms with Crippen molar-refractivity contribution in [3.8, 4) is 0 Å². The first kappa shape index (κ1) is 14.7. The highest BCUT2D eigenvalue weighted by molar-refractivity contribution is 5.93. The fourth-order valence-corrected chi connectivity index (χ4v) is 1.15. The predicted molar refractivity (Wildman–Crippen MR) is 63.1 cm³/mol. The quantitative estimate of drug-likeness (QED) is 0.705. The standard InChI is InChI=1S/C12H21NO3/c1-8(2)9(3)11(16)13-7-12(4,5)6-10(14)15/h6-7H2,1-5H3,(H,13,16)(H,14,15). The van der Waals surface area contributed by atoms with Crippen molar-refractivity contribution in [3.05, 3.63) is 11.1 Å².